The average Bonchev–Trinajstić information content (AvgIpc) is 3.84. The van der Waals surface area contributed by atoms with Crippen molar-refractivity contribution < 1.29 is 42.9 Å². The highest BCUT2D eigenvalue weighted by Gasteiger charge is 2.43. The summed E-state index contributed by atoms with van der Waals surface area (Å²) in [6, 6.07) is 0.805. The highest BCUT2D eigenvalue weighted by molar-refractivity contribution is 8.00. The summed E-state index contributed by atoms with van der Waals surface area (Å²) in [5.41, 5.74) is 0. The highest BCUT2D eigenvalue weighted by atomic mass is 32.2. The Labute approximate surface area is 298 Å². The van der Waals surface area contributed by atoms with E-state index >= 15 is 0 Å². The van der Waals surface area contributed by atoms with Crippen molar-refractivity contribution in [2.75, 3.05) is 90.7 Å². The largest absolute Gasteiger partial charge is 0.377 e. The summed E-state index contributed by atoms with van der Waals surface area (Å²) in [6.07, 6.45) is 6.65. The Balaban J connectivity index is 0.794. The van der Waals surface area contributed by atoms with Crippen LogP contribution >= 0.6 is 23.5 Å². The molecule has 0 aromatic rings. The van der Waals surface area contributed by atoms with Gasteiger partial charge in [0, 0.05) is 47.9 Å². The SMILES string of the molecule is O=C(CCCC[C@@H]1SC[C@@H]2NC(=O)N[C@@H]21)NCCOCCOCCOCCOCCOCCNC(=O)CCCC[C@H]1SC[C@H]2NC(=O)N[C@H]21. The zero-order chi connectivity index (χ0) is 34.5. The number of hydrogen-bond acceptors (Lipinski definition) is 11. The number of amides is 6. The molecule has 49 heavy (non-hydrogen) atoms. The number of carbonyl (C=O) groups is 4. The van der Waals surface area contributed by atoms with Crippen LogP contribution in [0, 0.1) is 0 Å². The number of unbranched alkanes of at least 4 members (excludes halogenated alkanes) is 2. The van der Waals surface area contributed by atoms with Crippen LogP contribution in [-0.2, 0) is 33.3 Å². The Morgan fingerprint density at radius 3 is 1.31 bits per heavy atom. The number of fused-ring (bicyclic) bond motifs is 2. The van der Waals surface area contributed by atoms with Gasteiger partial charge in [-0.05, 0) is 25.7 Å². The Morgan fingerprint density at radius 2 is 0.918 bits per heavy atom. The molecule has 4 heterocycles. The molecule has 6 amide bonds. The predicted octanol–water partition coefficient (Wildman–Crippen LogP) is 0.753. The fourth-order valence-corrected chi connectivity index (χ4v) is 9.32. The number of thioether (sulfide) groups is 2. The maximum absolute atomic E-state index is 12.0. The smallest absolute Gasteiger partial charge is 0.315 e. The van der Waals surface area contributed by atoms with E-state index in [4.69, 9.17) is 23.7 Å². The topological polar surface area (TPSA) is 187 Å². The average molecular weight is 733 g/mol. The molecule has 0 aliphatic carbocycles. The Kier molecular flexibility index (Phi) is 19.0. The molecule has 4 rings (SSSR count). The van der Waals surface area contributed by atoms with Gasteiger partial charge in [0.1, 0.15) is 0 Å². The first-order valence-electron chi connectivity index (χ1n) is 17.8. The molecule has 0 spiro atoms. The molecule has 0 bridgehead atoms. The van der Waals surface area contributed by atoms with Crippen LogP contribution in [0.5, 0.6) is 0 Å². The summed E-state index contributed by atoms with van der Waals surface area (Å²) in [4.78, 5) is 47.0. The first-order chi connectivity index (χ1) is 24.0. The second kappa shape index (κ2) is 23.5. The Bertz CT molecular complexity index is 942. The summed E-state index contributed by atoms with van der Waals surface area (Å²) in [7, 11) is 0. The molecule has 6 N–H and O–H groups in total. The third-order valence-corrected chi connectivity index (χ3v) is 11.8. The predicted molar refractivity (Wildman–Crippen MR) is 188 cm³/mol. The molecule has 4 aliphatic rings. The van der Waals surface area contributed by atoms with E-state index in [1.807, 2.05) is 23.5 Å². The molecule has 17 heteroatoms. The van der Waals surface area contributed by atoms with Gasteiger partial charge in [0.15, 0.2) is 0 Å². The minimum Gasteiger partial charge on any atom is -0.377 e. The van der Waals surface area contributed by atoms with E-state index in [1.54, 1.807) is 0 Å². The third-order valence-electron chi connectivity index (χ3n) is 8.79. The van der Waals surface area contributed by atoms with E-state index in [2.05, 4.69) is 31.9 Å². The maximum atomic E-state index is 12.0. The monoisotopic (exact) mass is 732 g/mol. The molecule has 15 nitrogen and oxygen atoms in total. The number of urea groups is 2. The van der Waals surface area contributed by atoms with Gasteiger partial charge < -0.3 is 55.6 Å². The third kappa shape index (κ3) is 15.4. The van der Waals surface area contributed by atoms with Crippen LogP contribution in [0.25, 0.3) is 0 Å². The van der Waals surface area contributed by atoms with Crippen molar-refractivity contribution in [3.8, 4) is 0 Å². The van der Waals surface area contributed by atoms with Crippen LogP contribution in [0.2, 0.25) is 0 Å². The summed E-state index contributed by atoms with van der Waals surface area (Å²) < 4.78 is 27.5. The Morgan fingerprint density at radius 1 is 0.551 bits per heavy atom. The van der Waals surface area contributed by atoms with E-state index in [0.717, 1.165) is 50.0 Å². The standard InChI is InChI=1S/C32H56N6O9S2/c39-27(7-3-1-5-25-29-23(21-48-25)35-31(41)37-29)33-9-11-43-13-15-45-17-19-47-20-18-46-16-14-44-12-10-34-28(40)8-4-2-6-26-30-24(22-49-26)36-32(42)38-30/h23-26,29-30H,1-22H2,(H,33,39)(H,34,40)(H2,35,37,41)(H2,36,38,42)/t23-,24+,25-,26+,29-,30+. The lowest BCUT2D eigenvalue weighted by molar-refractivity contribution is -0.122. The van der Waals surface area contributed by atoms with Crippen molar-refractivity contribution in [2.45, 2.75) is 86.0 Å². The number of rotatable bonds is 28. The van der Waals surface area contributed by atoms with Gasteiger partial charge in [-0.25, -0.2) is 9.59 Å². The van der Waals surface area contributed by atoms with Gasteiger partial charge >= 0.3 is 12.1 Å². The summed E-state index contributed by atoms with van der Waals surface area (Å²) in [5.74, 6) is 2.00. The Hall–Kier alpha value is -2.02. The number of carbonyl (C=O) groups excluding carboxylic acids is 4. The first kappa shape index (κ1) is 39.8. The van der Waals surface area contributed by atoms with Crippen molar-refractivity contribution in [2.24, 2.45) is 0 Å². The molecular formula is C32H56N6O9S2. The van der Waals surface area contributed by atoms with Crippen LogP contribution in [0.3, 0.4) is 0 Å². The zero-order valence-electron chi connectivity index (χ0n) is 28.5. The second-order valence-corrected chi connectivity index (χ2v) is 15.0. The first-order valence-corrected chi connectivity index (χ1v) is 19.9. The van der Waals surface area contributed by atoms with Crippen LogP contribution in [0.15, 0.2) is 0 Å². The van der Waals surface area contributed by atoms with E-state index < -0.39 is 0 Å². The van der Waals surface area contributed by atoms with Gasteiger partial charge in [0.25, 0.3) is 0 Å². The van der Waals surface area contributed by atoms with Gasteiger partial charge in [-0.1, -0.05) is 12.8 Å². The molecule has 280 valence electrons. The van der Waals surface area contributed by atoms with E-state index in [9.17, 15) is 19.2 Å². The lowest BCUT2D eigenvalue weighted by atomic mass is 10.0. The fraction of sp³-hybridized carbons (Fsp3) is 0.875. The summed E-state index contributed by atoms with van der Waals surface area (Å²) >= 11 is 3.80. The molecule has 0 aromatic heterocycles. The molecule has 0 radical (unpaired) electrons. The van der Waals surface area contributed by atoms with Crippen LogP contribution in [0.4, 0.5) is 9.59 Å². The minimum absolute atomic E-state index is 0.0400. The van der Waals surface area contributed by atoms with Crippen molar-refractivity contribution >= 4 is 47.4 Å². The molecule has 0 saturated carbocycles. The quantitative estimate of drug-likeness (QED) is 0.0493. The number of nitrogens with one attached hydrogen (secondary N) is 6. The van der Waals surface area contributed by atoms with Gasteiger partial charge in [-0.3, -0.25) is 9.59 Å². The molecule has 4 saturated heterocycles. The zero-order valence-corrected chi connectivity index (χ0v) is 30.1. The highest BCUT2D eigenvalue weighted by Crippen LogP contribution is 2.34. The van der Waals surface area contributed by atoms with Gasteiger partial charge in [-0.15, -0.1) is 0 Å². The van der Waals surface area contributed by atoms with E-state index in [0.29, 0.717) is 102 Å². The fourth-order valence-electron chi connectivity index (χ4n) is 6.23. The van der Waals surface area contributed by atoms with Crippen LogP contribution in [-0.4, -0.2) is 149 Å². The number of hydrogen-bond donors (Lipinski definition) is 6. The molecule has 0 unspecified atom stereocenters. The van der Waals surface area contributed by atoms with Crippen molar-refractivity contribution in [1.29, 1.82) is 0 Å². The number of ether oxygens (including phenoxy) is 5. The normalized spacial score (nSPS) is 25.3. The maximum Gasteiger partial charge on any atom is 0.315 e. The van der Waals surface area contributed by atoms with Gasteiger partial charge in [0.05, 0.1) is 90.2 Å². The van der Waals surface area contributed by atoms with Crippen molar-refractivity contribution in [3.05, 3.63) is 0 Å². The molecule has 0 aromatic carbocycles. The molecule has 4 aliphatic heterocycles. The molecular weight excluding hydrogens is 677 g/mol. The lowest BCUT2D eigenvalue weighted by Gasteiger charge is -2.16. The summed E-state index contributed by atoms with van der Waals surface area (Å²) in [6.45, 7) is 5.56. The molecule has 6 atom stereocenters. The van der Waals surface area contributed by atoms with Gasteiger partial charge in [0.2, 0.25) is 11.8 Å². The van der Waals surface area contributed by atoms with Gasteiger partial charge in [-0.2, -0.15) is 23.5 Å². The van der Waals surface area contributed by atoms with Crippen molar-refractivity contribution in [3.63, 3.8) is 0 Å². The summed E-state index contributed by atoms with van der Waals surface area (Å²) in [5, 5.41) is 18.6. The second-order valence-electron chi connectivity index (χ2n) is 12.5. The minimum atomic E-state index is -0.0622. The van der Waals surface area contributed by atoms with E-state index in [-0.39, 0.29) is 48.0 Å². The van der Waals surface area contributed by atoms with Crippen LogP contribution in [0.1, 0.15) is 51.4 Å². The lowest BCUT2D eigenvalue weighted by Crippen LogP contribution is -2.36. The van der Waals surface area contributed by atoms with Crippen molar-refractivity contribution in [1.82, 2.24) is 31.9 Å². The van der Waals surface area contributed by atoms with Crippen LogP contribution < -0.4 is 31.9 Å². The van der Waals surface area contributed by atoms with E-state index in [1.165, 1.54) is 0 Å². The molecule has 4 fully saturated rings.